The van der Waals surface area contributed by atoms with Crippen LogP contribution >= 0.6 is 0 Å². The topological polar surface area (TPSA) is 93.7 Å². The van der Waals surface area contributed by atoms with Gasteiger partial charge in [0.05, 0.1) is 14.2 Å². The predicted octanol–water partition coefficient (Wildman–Crippen LogP) is 4.00. The van der Waals surface area contributed by atoms with E-state index in [1.54, 1.807) is 25.3 Å². The number of para-hydroxylation sites is 1. The average Bonchev–Trinajstić information content (AvgIpc) is 2.82. The van der Waals surface area contributed by atoms with Crippen molar-refractivity contribution in [2.24, 2.45) is 0 Å². The molecule has 0 heterocycles. The SMILES string of the molecule is CCc1ccc(NS(=O)(=O)c2cc(C(=O)NCc3ccccc3OC)ccc2OC)cc1. The first-order valence-corrected chi connectivity index (χ1v) is 11.6. The number of benzene rings is 3. The fourth-order valence-electron chi connectivity index (χ4n) is 3.17. The van der Waals surface area contributed by atoms with Crippen molar-refractivity contribution in [3.63, 3.8) is 0 Å². The maximum atomic E-state index is 13.0. The van der Waals surface area contributed by atoms with E-state index in [1.165, 1.54) is 25.3 Å². The van der Waals surface area contributed by atoms with Crippen LogP contribution < -0.4 is 19.5 Å². The van der Waals surface area contributed by atoms with Crippen molar-refractivity contribution in [1.82, 2.24) is 5.32 Å². The van der Waals surface area contributed by atoms with Gasteiger partial charge in [-0.25, -0.2) is 8.42 Å². The zero-order valence-electron chi connectivity index (χ0n) is 18.2. The minimum atomic E-state index is -3.98. The molecule has 0 aliphatic rings. The highest BCUT2D eigenvalue weighted by atomic mass is 32.2. The van der Waals surface area contributed by atoms with E-state index in [4.69, 9.17) is 9.47 Å². The zero-order valence-corrected chi connectivity index (χ0v) is 19.0. The Kier molecular flexibility index (Phi) is 7.37. The Morgan fingerprint density at radius 1 is 0.906 bits per heavy atom. The van der Waals surface area contributed by atoms with Crippen LogP contribution in [0.5, 0.6) is 11.5 Å². The summed E-state index contributed by atoms with van der Waals surface area (Å²) >= 11 is 0. The van der Waals surface area contributed by atoms with Crippen molar-refractivity contribution in [1.29, 1.82) is 0 Å². The molecule has 0 atom stereocenters. The van der Waals surface area contributed by atoms with Gasteiger partial charge in [0, 0.05) is 23.4 Å². The standard InChI is InChI=1S/C24H26N2O5S/c1-4-17-9-12-20(13-10-17)26-32(28,29)23-15-18(11-14-22(23)31-3)24(27)25-16-19-7-5-6-8-21(19)30-2/h5-15,26H,4,16H2,1-3H3,(H,25,27). The van der Waals surface area contributed by atoms with E-state index in [1.807, 2.05) is 37.3 Å². The van der Waals surface area contributed by atoms with Crippen LogP contribution in [0.2, 0.25) is 0 Å². The van der Waals surface area contributed by atoms with Crippen LogP contribution in [0, 0.1) is 0 Å². The highest BCUT2D eigenvalue weighted by Crippen LogP contribution is 2.27. The Labute approximate surface area is 188 Å². The molecule has 2 N–H and O–H groups in total. The monoisotopic (exact) mass is 454 g/mol. The van der Waals surface area contributed by atoms with E-state index in [0.29, 0.717) is 11.4 Å². The molecule has 8 heteroatoms. The van der Waals surface area contributed by atoms with Gasteiger partial charge < -0.3 is 14.8 Å². The number of amides is 1. The van der Waals surface area contributed by atoms with Crippen LogP contribution in [0.4, 0.5) is 5.69 Å². The van der Waals surface area contributed by atoms with Crippen molar-refractivity contribution < 1.29 is 22.7 Å². The zero-order chi connectivity index (χ0) is 23.1. The van der Waals surface area contributed by atoms with Crippen molar-refractivity contribution in [3.8, 4) is 11.5 Å². The van der Waals surface area contributed by atoms with E-state index in [9.17, 15) is 13.2 Å². The Bertz CT molecular complexity index is 1190. The Morgan fingerprint density at radius 3 is 2.25 bits per heavy atom. The third-order valence-electron chi connectivity index (χ3n) is 4.96. The van der Waals surface area contributed by atoms with E-state index in [-0.39, 0.29) is 22.8 Å². The summed E-state index contributed by atoms with van der Waals surface area (Å²) in [6.07, 6.45) is 0.854. The molecule has 0 aliphatic carbocycles. The number of nitrogens with one attached hydrogen (secondary N) is 2. The van der Waals surface area contributed by atoms with Gasteiger partial charge in [0.1, 0.15) is 16.4 Å². The Morgan fingerprint density at radius 2 is 1.59 bits per heavy atom. The minimum Gasteiger partial charge on any atom is -0.496 e. The number of hydrogen-bond acceptors (Lipinski definition) is 5. The molecule has 0 unspecified atom stereocenters. The molecule has 0 saturated carbocycles. The van der Waals surface area contributed by atoms with Gasteiger partial charge in [0.15, 0.2) is 0 Å². The van der Waals surface area contributed by atoms with Gasteiger partial charge in [-0.2, -0.15) is 0 Å². The third kappa shape index (κ3) is 5.39. The highest BCUT2D eigenvalue weighted by molar-refractivity contribution is 7.92. The fraction of sp³-hybridized carbons (Fsp3) is 0.208. The highest BCUT2D eigenvalue weighted by Gasteiger charge is 2.22. The van der Waals surface area contributed by atoms with Gasteiger partial charge >= 0.3 is 0 Å². The molecule has 32 heavy (non-hydrogen) atoms. The molecule has 1 amide bonds. The lowest BCUT2D eigenvalue weighted by Crippen LogP contribution is -2.24. The molecule has 0 aromatic heterocycles. The summed E-state index contributed by atoms with van der Waals surface area (Å²) in [5.41, 5.74) is 2.53. The van der Waals surface area contributed by atoms with E-state index in [0.717, 1.165) is 17.5 Å². The Balaban J connectivity index is 1.82. The van der Waals surface area contributed by atoms with Crippen molar-refractivity contribution in [2.45, 2.75) is 24.8 Å². The fourth-order valence-corrected chi connectivity index (χ4v) is 4.43. The number of ether oxygens (including phenoxy) is 2. The first-order chi connectivity index (χ1) is 15.4. The lowest BCUT2D eigenvalue weighted by Gasteiger charge is -2.14. The van der Waals surface area contributed by atoms with E-state index in [2.05, 4.69) is 10.0 Å². The van der Waals surface area contributed by atoms with Gasteiger partial charge in [-0.15, -0.1) is 0 Å². The summed E-state index contributed by atoms with van der Waals surface area (Å²) < 4.78 is 39.1. The minimum absolute atomic E-state index is 0.121. The quantitative estimate of drug-likeness (QED) is 0.510. The largest absolute Gasteiger partial charge is 0.496 e. The number of carbonyl (C=O) groups excluding carboxylic acids is 1. The number of aryl methyl sites for hydroxylation is 1. The van der Waals surface area contributed by atoms with Gasteiger partial charge in [-0.05, 0) is 48.4 Å². The molecule has 0 spiro atoms. The van der Waals surface area contributed by atoms with Crippen LogP contribution in [-0.4, -0.2) is 28.5 Å². The second-order valence-corrected chi connectivity index (χ2v) is 8.67. The molecule has 7 nitrogen and oxygen atoms in total. The Hall–Kier alpha value is -3.52. The molecular weight excluding hydrogens is 428 g/mol. The number of sulfonamides is 1. The van der Waals surface area contributed by atoms with Crippen LogP contribution in [0.3, 0.4) is 0 Å². The smallest absolute Gasteiger partial charge is 0.265 e. The van der Waals surface area contributed by atoms with Crippen molar-refractivity contribution in [2.75, 3.05) is 18.9 Å². The van der Waals surface area contributed by atoms with Crippen LogP contribution in [0.25, 0.3) is 0 Å². The van der Waals surface area contributed by atoms with E-state index < -0.39 is 15.9 Å². The summed E-state index contributed by atoms with van der Waals surface area (Å²) in [4.78, 5) is 12.6. The number of rotatable bonds is 9. The second kappa shape index (κ2) is 10.2. The van der Waals surface area contributed by atoms with Crippen LogP contribution in [-0.2, 0) is 23.0 Å². The normalized spacial score (nSPS) is 11.0. The molecule has 0 saturated heterocycles. The molecule has 3 aromatic carbocycles. The number of methoxy groups -OCH3 is 2. The summed E-state index contributed by atoms with van der Waals surface area (Å²) in [6, 6.07) is 18.7. The summed E-state index contributed by atoms with van der Waals surface area (Å²) in [5.74, 6) is 0.385. The van der Waals surface area contributed by atoms with E-state index >= 15 is 0 Å². The number of carbonyl (C=O) groups is 1. The summed E-state index contributed by atoms with van der Waals surface area (Å²) in [6.45, 7) is 2.26. The molecule has 0 radical (unpaired) electrons. The maximum Gasteiger partial charge on any atom is 0.265 e. The number of hydrogen-bond donors (Lipinski definition) is 2. The molecular formula is C24H26N2O5S. The molecule has 0 bridgehead atoms. The molecule has 0 aliphatic heterocycles. The lowest BCUT2D eigenvalue weighted by atomic mass is 10.1. The first-order valence-electron chi connectivity index (χ1n) is 10.1. The third-order valence-corrected chi connectivity index (χ3v) is 6.36. The first kappa shape index (κ1) is 23.1. The summed E-state index contributed by atoms with van der Waals surface area (Å²) in [7, 11) is -1.04. The maximum absolute atomic E-state index is 13.0. The van der Waals surface area contributed by atoms with Gasteiger partial charge in [-0.3, -0.25) is 9.52 Å². The second-order valence-electron chi connectivity index (χ2n) is 7.02. The molecule has 168 valence electrons. The van der Waals surface area contributed by atoms with Crippen molar-refractivity contribution in [3.05, 3.63) is 83.4 Å². The number of anilines is 1. The molecule has 3 aromatic rings. The van der Waals surface area contributed by atoms with Crippen LogP contribution in [0.15, 0.2) is 71.6 Å². The van der Waals surface area contributed by atoms with Crippen molar-refractivity contribution >= 4 is 21.6 Å². The average molecular weight is 455 g/mol. The van der Waals surface area contributed by atoms with Gasteiger partial charge in [0.25, 0.3) is 15.9 Å². The van der Waals surface area contributed by atoms with Gasteiger partial charge in [0.2, 0.25) is 0 Å². The molecule has 3 rings (SSSR count). The summed E-state index contributed by atoms with van der Waals surface area (Å²) in [5, 5.41) is 2.79. The van der Waals surface area contributed by atoms with Gasteiger partial charge in [-0.1, -0.05) is 37.3 Å². The molecule has 0 fully saturated rings. The lowest BCUT2D eigenvalue weighted by molar-refractivity contribution is 0.0950. The predicted molar refractivity (Wildman–Crippen MR) is 124 cm³/mol. The van der Waals surface area contributed by atoms with Crippen LogP contribution in [0.1, 0.15) is 28.4 Å².